The largest absolute Gasteiger partial charge is 0.472 e. The highest BCUT2D eigenvalue weighted by Crippen LogP contribution is 2.66. The molecule has 0 N–H and O–H groups in total. The van der Waals surface area contributed by atoms with Gasteiger partial charge >= 0.3 is 0 Å². The van der Waals surface area contributed by atoms with Gasteiger partial charge in [-0.15, -0.1) is 0 Å². The van der Waals surface area contributed by atoms with E-state index in [0.29, 0.717) is 8.65 Å². The molecule has 0 bridgehead atoms. The Bertz CT molecular complexity index is 316. The van der Waals surface area contributed by atoms with Crippen LogP contribution in [-0.2, 0) is 12.8 Å². The number of alkyl halides is 2. The summed E-state index contributed by atoms with van der Waals surface area (Å²) in [6, 6.07) is 0. The Morgan fingerprint density at radius 3 is 2.08 bits per heavy atom. The molecule has 0 spiro atoms. The fraction of sp³-hybridized carbons (Fsp3) is 0.556. The van der Waals surface area contributed by atoms with Gasteiger partial charge in [-0.3, -0.25) is 0 Å². The van der Waals surface area contributed by atoms with E-state index in [1.807, 2.05) is 12.5 Å². The van der Waals surface area contributed by atoms with E-state index in [1.54, 1.807) is 0 Å². The minimum atomic E-state index is 0.316. The van der Waals surface area contributed by atoms with E-state index in [-0.39, 0.29) is 0 Å². The molecule has 12 heavy (non-hydrogen) atoms. The van der Waals surface area contributed by atoms with Crippen LogP contribution in [0.3, 0.4) is 0 Å². The Morgan fingerprint density at radius 1 is 1.08 bits per heavy atom. The third-order valence-corrected chi connectivity index (χ3v) is 6.18. The minimum Gasteiger partial charge on any atom is -0.472 e. The molecule has 2 atom stereocenters. The van der Waals surface area contributed by atoms with Crippen molar-refractivity contribution >= 4 is 31.9 Å². The summed E-state index contributed by atoms with van der Waals surface area (Å²) in [7, 11) is 0. The number of furan rings is 1. The first-order valence-electron chi connectivity index (χ1n) is 4.05. The molecular weight excluding hydrogens is 284 g/mol. The molecule has 1 aromatic heterocycles. The van der Waals surface area contributed by atoms with Crippen molar-refractivity contribution in [1.29, 1.82) is 0 Å². The molecule has 1 saturated carbocycles. The molecule has 0 saturated heterocycles. The second kappa shape index (κ2) is 2.01. The summed E-state index contributed by atoms with van der Waals surface area (Å²) in [5.41, 5.74) is 2.75. The van der Waals surface area contributed by atoms with Gasteiger partial charge in [0, 0.05) is 8.65 Å². The van der Waals surface area contributed by atoms with Gasteiger partial charge < -0.3 is 4.42 Å². The van der Waals surface area contributed by atoms with Crippen molar-refractivity contribution in [2.75, 3.05) is 0 Å². The second-order valence-electron chi connectivity index (χ2n) is 3.88. The molecule has 0 aromatic carbocycles. The van der Waals surface area contributed by atoms with Crippen molar-refractivity contribution in [3.63, 3.8) is 0 Å². The highest BCUT2D eigenvalue weighted by Gasteiger charge is 2.66. The van der Waals surface area contributed by atoms with Gasteiger partial charge in [0.15, 0.2) is 0 Å². The monoisotopic (exact) mass is 290 g/mol. The fourth-order valence-electron chi connectivity index (χ4n) is 2.11. The van der Waals surface area contributed by atoms with Crippen molar-refractivity contribution in [3.8, 4) is 0 Å². The minimum absolute atomic E-state index is 0.316. The van der Waals surface area contributed by atoms with Gasteiger partial charge in [-0.1, -0.05) is 31.9 Å². The predicted octanol–water partition coefficient (Wildman–Crippen LogP) is 3.05. The molecule has 0 amide bonds. The number of hydrogen-bond donors (Lipinski definition) is 0. The first kappa shape index (κ1) is 7.63. The summed E-state index contributed by atoms with van der Waals surface area (Å²) in [6.45, 7) is 0. The van der Waals surface area contributed by atoms with E-state index in [0.717, 1.165) is 12.8 Å². The van der Waals surface area contributed by atoms with Crippen LogP contribution in [0.4, 0.5) is 0 Å². The molecule has 1 nitrogen and oxygen atoms in total. The summed E-state index contributed by atoms with van der Waals surface area (Å²) in [6.07, 6.45) is 7.19. The molecule has 3 rings (SSSR count). The molecule has 64 valence electrons. The molecule has 1 aromatic rings. The zero-order valence-corrected chi connectivity index (χ0v) is 9.61. The van der Waals surface area contributed by atoms with Crippen LogP contribution in [0.5, 0.6) is 0 Å². The molecule has 3 heteroatoms. The van der Waals surface area contributed by atoms with Crippen LogP contribution in [0.15, 0.2) is 16.9 Å². The standard InChI is InChI=1S/C9H8Br2O/c10-8-1-6-3-12-4-7(6)2-9(8,11)5-8/h3-4H,1-2,5H2. The third kappa shape index (κ3) is 0.791. The molecule has 0 radical (unpaired) electrons. The van der Waals surface area contributed by atoms with Crippen molar-refractivity contribution < 1.29 is 4.42 Å². The average molecular weight is 292 g/mol. The van der Waals surface area contributed by atoms with Crippen LogP contribution in [0.25, 0.3) is 0 Å². The first-order chi connectivity index (χ1) is 5.63. The normalized spacial score (nSPS) is 43.5. The van der Waals surface area contributed by atoms with Crippen LogP contribution >= 0.6 is 31.9 Å². The second-order valence-corrected chi connectivity index (χ2v) is 6.92. The Balaban J connectivity index is 2.08. The van der Waals surface area contributed by atoms with Gasteiger partial charge in [-0.05, 0) is 30.4 Å². The maximum atomic E-state index is 5.18. The predicted molar refractivity (Wildman–Crippen MR) is 54.0 cm³/mol. The lowest BCUT2D eigenvalue weighted by molar-refractivity contribution is 0.562. The Kier molecular flexibility index (Phi) is 1.27. The van der Waals surface area contributed by atoms with Crippen LogP contribution in [0, 0.1) is 0 Å². The molecule has 2 unspecified atom stereocenters. The van der Waals surface area contributed by atoms with E-state index in [2.05, 4.69) is 31.9 Å². The quantitative estimate of drug-likeness (QED) is 0.670. The fourth-order valence-corrected chi connectivity index (χ4v) is 4.32. The van der Waals surface area contributed by atoms with Crippen molar-refractivity contribution in [1.82, 2.24) is 0 Å². The molecule has 2 aliphatic rings. The summed E-state index contributed by atoms with van der Waals surface area (Å²) < 4.78 is 5.82. The molecule has 1 heterocycles. The Hall–Kier alpha value is 0.240. The van der Waals surface area contributed by atoms with E-state index >= 15 is 0 Å². The Labute approximate surface area is 87.8 Å². The van der Waals surface area contributed by atoms with Gasteiger partial charge in [-0.25, -0.2) is 0 Å². The van der Waals surface area contributed by atoms with Crippen LogP contribution < -0.4 is 0 Å². The zero-order chi connectivity index (χ0) is 8.40. The molecular formula is C9H8Br2O. The maximum Gasteiger partial charge on any atom is 0.0937 e. The van der Waals surface area contributed by atoms with Crippen molar-refractivity contribution in [3.05, 3.63) is 23.7 Å². The lowest BCUT2D eigenvalue weighted by Crippen LogP contribution is -2.24. The van der Waals surface area contributed by atoms with Crippen LogP contribution in [-0.4, -0.2) is 8.65 Å². The number of hydrogen-bond acceptors (Lipinski definition) is 1. The highest BCUT2D eigenvalue weighted by molar-refractivity contribution is 9.13. The molecule has 0 aliphatic heterocycles. The first-order valence-corrected chi connectivity index (χ1v) is 5.63. The maximum absolute atomic E-state index is 5.18. The van der Waals surface area contributed by atoms with E-state index in [4.69, 9.17) is 4.42 Å². The summed E-state index contributed by atoms with van der Waals surface area (Å²) in [5.74, 6) is 0. The topological polar surface area (TPSA) is 13.1 Å². The van der Waals surface area contributed by atoms with Gasteiger partial charge in [0.1, 0.15) is 0 Å². The third-order valence-electron chi connectivity index (χ3n) is 3.01. The lowest BCUT2D eigenvalue weighted by atomic mass is 9.96. The van der Waals surface area contributed by atoms with Crippen LogP contribution in [0.1, 0.15) is 17.5 Å². The SMILES string of the molecule is BrC12Cc3cocc3CC1(Br)C2. The number of halogens is 2. The van der Waals surface area contributed by atoms with Crippen LogP contribution in [0.2, 0.25) is 0 Å². The van der Waals surface area contributed by atoms with Gasteiger partial charge in [-0.2, -0.15) is 0 Å². The summed E-state index contributed by atoms with van der Waals surface area (Å²) in [4.78, 5) is 0. The Morgan fingerprint density at radius 2 is 1.58 bits per heavy atom. The lowest BCUT2D eigenvalue weighted by Gasteiger charge is -2.20. The smallest absolute Gasteiger partial charge is 0.0937 e. The van der Waals surface area contributed by atoms with Crippen molar-refractivity contribution in [2.24, 2.45) is 0 Å². The van der Waals surface area contributed by atoms with Gasteiger partial charge in [0.05, 0.1) is 12.5 Å². The zero-order valence-electron chi connectivity index (χ0n) is 6.44. The van der Waals surface area contributed by atoms with Crippen molar-refractivity contribution in [2.45, 2.75) is 27.9 Å². The van der Waals surface area contributed by atoms with E-state index < -0.39 is 0 Å². The molecule has 2 aliphatic carbocycles. The van der Waals surface area contributed by atoms with Gasteiger partial charge in [0.2, 0.25) is 0 Å². The number of rotatable bonds is 0. The van der Waals surface area contributed by atoms with E-state index in [1.165, 1.54) is 17.5 Å². The molecule has 1 fully saturated rings. The van der Waals surface area contributed by atoms with Gasteiger partial charge in [0.25, 0.3) is 0 Å². The highest BCUT2D eigenvalue weighted by atomic mass is 79.9. The van der Waals surface area contributed by atoms with E-state index in [9.17, 15) is 0 Å². The average Bonchev–Trinajstić information content (AvgIpc) is 2.37. The summed E-state index contributed by atoms with van der Waals surface area (Å²) in [5, 5.41) is 0. The summed E-state index contributed by atoms with van der Waals surface area (Å²) >= 11 is 7.58. The number of fused-ring (bicyclic) bond motifs is 2.